The van der Waals surface area contributed by atoms with Crippen molar-refractivity contribution in [3.8, 4) is 0 Å². The number of aromatic nitrogens is 3. The molecule has 0 bridgehead atoms. The van der Waals surface area contributed by atoms with Crippen molar-refractivity contribution in [1.82, 2.24) is 15.0 Å². The van der Waals surface area contributed by atoms with Crippen LogP contribution in [0.2, 0.25) is 0 Å². The van der Waals surface area contributed by atoms with Gasteiger partial charge in [-0.3, -0.25) is 4.90 Å². The van der Waals surface area contributed by atoms with Crippen molar-refractivity contribution in [2.45, 2.75) is 19.3 Å². The zero-order valence-electron chi connectivity index (χ0n) is 17.9. The van der Waals surface area contributed by atoms with Gasteiger partial charge in [0.1, 0.15) is 0 Å². The van der Waals surface area contributed by atoms with Crippen molar-refractivity contribution in [3.63, 3.8) is 0 Å². The lowest BCUT2D eigenvalue weighted by Gasteiger charge is -2.29. The second-order valence-electron chi connectivity index (χ2n) is 7.80. The number of nitrogens with one attached hydrogen (secondary N) is 1. The quantitative estimate of drug-likeness (QED) is 0.407. The fourth-order valence-corrected chi connectivity index (χ4v) is 3.93. The fourth-order valence-electron chi connectivity index (χ4n) is 3.93. The zero-order chi connectivity index (χ0) is 21.6. The summed E-state index contributed by atoms with van der Waals surface area (Å²) in [5.41, 5.74) is 2.94. The molecule has 0 unspecified atom stereocenters. The molecule has 1 fully saturated rings. The molecule has 1 aliphatic heterocycles. The van der Waals surface area contributed by atoms with Gasteiger partial charge in [-0.25, -0.2) is 0 Å². The smallest absolute Gasteiger partial charge is 0.241 e. The molecular formula is C26H26N6. The predicted molar refractivity (Wildman–Crippen MR) is 130 cm³/mol. The molecule has 2 heterocycles. The summed E-state index contributed by atoms with van der Waals surface area (Å²) < 4.78 is 0. The molecule has 1 aliphatic rings. The maximum Gasteiger partial charge on any atom is 0.241 e. The maximum atomic E-state index is 4.94. The van der Waals surface area contributed by atoms with E-state index >= 15 is 0 Å². The summed E-state index contributed by atoms with van der Waals surface area (Å²) in [6, 6.07) is 30.4. The van der Waals surface area contributed by atoms with E-state index in [0.717, 1.165) is 43.0 Å². The van der Waals surface area contributed by atoms with Crippen LogP contribution in [0.4, 0.5) is 34.9 Å². The number of nitrogens with zero attached hydrogens (tertiary/aromatic N) is 5. The minimum absolute atomic E-state index is 0.540. The number of rotatable bonds is 6. The van der Waals surface area contributed by atoms with Gasteiger partial charge in [-0.2, -0.15) is 15.0 Å². The Morgan fingerprint density at radius 1 is 0.625 bits per heavy atom. The van der Waals surface area contributed by atoms with Crippen molar-refractivity contribution in [2.75, 3.05) is 28.2 Å². The summed E-state index contributed by atoms with van der Waals surface area (Å²) >= 11 is 0. The molecule has 6 heteroatoms. The average Bonchev–Trinajstić information content (AvgIpc) is 2.87. The van der Waals surface area contributed by atoms with Gasteiger partial charge in [0.15, 0.2) is 0 Å². The third-order valence-corrected chi connectivity index (χ3v) is 5.51. The van der Waals surface area contributed by atoms with Crippen LogP contribution < -0.4 is 15.1 Å². The number of benzene rings is 3. The molecule has 6 nitrogen and oxygen atoms in total. The van der Waals surface area contributed by atoms with E-state index in [-0.39, 0.29) is 0 Å². The van der Waals surface area contributed by atoms with Crippen LogP contribution in [0.3, 0.4) is 0 Å². The molecule has 160 valence electrons. The van der Waals surface area contributed by atoms with Crippen LogP contribution in [0.25, 0.3) is 0 Å². The van der Waals surface area contributed by atoms with Crippen LogP contribution >= 0.6 is 0 Å². The molecule has 0 saturated carbocycles. The second-order valence-corrected chi connectivity index (χ2v) is 7.80. The summed E-state index contributed by atoms with van der Waals surface area (Å²) in [5.74, 6) is 1.85. The summed E-state index contributed by atoms with van der Waals surface area (Å²) in [6.45, 7) is 1.93. The SMILES string of the molecule is c1ccc(Nc2nc(N3CCCCC3)nc(N(c3ccccc3)c3ccccc3)n2)cc1. The number of hydrogen-bond donors (Lipinski definition) is 1. The Kier molecular flexibility index (Phi) is 5.92. The monoisotopic (exact) mass is 422 g/mol. The Bertz CT molecular complexity index is 1090. The topological polar surface area (TPSA) is 57.2 Å². The van der Waals surface area contributed by atoms with Gasteiger partial charge in [0.25, 0.3) is 0 Å². The van der Waals surface area contributed by atoms with Crippen LogP contribution in [0.15, 0.2) is 91.0 Å². The fraction of sp³-hybridized carbons (Fsp3) is 0.192. The molecule has 4 aromatic rings. The highest BCUT2D eigenvalue weighted by Crippen LogP contribution is 2.33. The van der Waals surface area contributed by atoms with Gasteiger partial charge in [0.05, 0.1) is 0 Å². The van der Waals surface area contributed by atoms with E-state index in [1.807, 2.05) is 66.7 Å². The van der Waals surface area contributed by atoms with Gasteiger partial charge in [-0.05, 0) is 55.7 Å². The Hall–Kier alpha value is -3.93. The highest BCUT2D eigenvalue weighted by Gasteiger charge is 2.21. The van der Waals surface area contributed by atoms with E-state index in [1.165, 1.54) is 6.42 Å². The van der Waals surface area contributed by atoms with Crippen molar-refractivity contribution in [2.24, 2.45) is 0 Å². The molecule has 1 N–H and O–H groups in total. The Labute approximate surface area is 188 Å². The molecule has 1 saturated heterocycles. The first-order valence-electron chi connectivity index (χ1n) is 11.1. The normalized spacial score (nSPS) is 13.6. The first-order valence-corrected chi connectivity index (χ1v) is 11.1. The van der Waals surface area contributed by atoms with E-state index in [9.17, 15) is 0 Å². The molecule has 3 aromatic carbocycles. The standard InChI is InChI=1S/C26H26N6/c1-5-13-21(14-6-1)27-24-28-25(31-19-11-4-12-20-31)30-26(29-24)32(22-15-7-2-8-16-22)23-17-9-3-10-18-23/h1-3,5-10,13-18H,4,11-12,19-20H2,(H,27,28,29,30). The molecule has 5 rings (SSSR count). The third kappa shape index (κ3) is 4.54. The number of hydrogen-bond acceptors (Lipinski definition) is 6. The van der Waals surface area contributed by atoms with E-state index in [4.69, 9.17) is 15.0 Å². The molecule has 0 atom stereocenters. The zero-order valence-corrected chi connectivity index (χ0v) is 17.9. The summed E-state index contributed by atoms with van der Waals surface area (Å²) in [6.07, 6.45) is 3.57. The number of para-hydroxylation sites is 3. The maximum absolute atomic E-state index is 4.94. The minimum Gasteiger partial charge on any atom is -0.341 e. The van der Waals surface area contributed by atoms with Crippen LogP contribution in [0.1, 0.15) is 19.3 Å². The molecule has 0 spiro atoms. The van der Waals surface area contributed by atoms with Crippen LogP contribution in [-0.2, 0) is 0 Å². The van der Waals surface area contributed by atoms with Gasteiger partial charge in [0, 0.05) is 30.2 Å². The molecule has 0 aliphatic carbocycles. The lowest BCUT2D eigenvalue weighted by Crippen LogP contribution is -2.31. The second kappa shape index (κ2) is 9.47. The van der Waals surface area contributed by atoms with E-state index < -0.39 is 0 Å². The lowest BCUT2D eigenvalue weighted by atomic mass is 10.1. The highest BCUT2D eigenvalue weighted by molar-refractivity contribution is 5.73. The van der Waals surface area contributed by atoms with Crippen molar-refractivity contribution in [1.29, 1.82) is 0 Å². The van der Waals surface area contributed by atoms with Gasteiger partial charge >= 0.3 is 0 Å². The highest BCUT2D eigenvalue weighted by atomic mass is 15.4. The van der Waals surface area contributed by atoms with E-state index in [2.05, 4.69) is 39.4 Å². The molecule has 1 aromatic heterocycles. The van der Waals surface area contributed by atoms with Crippen molar-refractivity contribution >= 4 is 34.9 Å². The summed E-state index contributed by atoms with van der Waals surface area (Å²) in [4.78, 5) is 18.9. The van der Waals surface area contributed by atoms with Crippen molar-refractivity contribution < 1.29 is 0 Å². The molecule has 0 amide bonds. The van der Waals surface area contributed by atoms with E-state index in [0.29, 0.717) is 17.8 Å². The molecule has 32 heavy (non-hydrogen) atoms. The lowest BCUT2D eigenvalue weighted by molar-refractivity contribution is 0.568. The Balaban J connectivity index is 1.62. The Morgan fingerprint density at radius 2 is 1.19 bits per heavy atom. The molecular weight excluding hydrogens is 396 g/mol. The Morgan fingerprint density at radius 3 is 1.78 bits per heavy atom. The van der Waals surface area contributed by atoms with Gasteiger partial charge < -0.3 is 10.2 Å². The largest absolute Gasteiger partial charge is 0.341 e. The van der Waals surface area contributed by atoms with Gasteiger partial charge in [0.2, 0.25) is 17.8 Å². The number of piperidine rings is 1. The number of anilines is 6. The first kappa shape index (κ1) is 20.0. The predicted octanol–water partition coefficient (Wildman–Crippen LogP) is 6.08. The van der Waals surface area contributed by atoms with E-state index in [1.54, 1.807) is 0 Å². The summed E-state index contributed by atoms with van der Waals surface area (Å²) in [5, 5.41) is 3.37. The first-order chi connectivity index (χ1) is 15.9. The van der Waals surface area contributed by atoms with Gasteiger partial charge in [-0.1, -0.05) is 54.6 Å². The van der Waals surface area contributed by atoms with Crippen LogP contribution in [0.5, 0.6) is 0 Å². The van der Waals surface area contributed by atoms with Crippen LogP contribution in [0, 0.1) is 0 Å². The molecule has 0 radical (unpaired) electrons. The van der Waals surface area contributed by atoms with Crippen molar-refractivity contribution in [3.05, 3.63) is 91.0 Å². The van der Waals surface area contributed by atoms with Gasteiger partial charge in [-0.15, -0.1) is 0 Å². The average molecular weight is 423 g/mol. The van der Waals surface area contributed by atoms with Crippen LogP contribution in [-0.4, -0.2) is 28.0 Å². The third-order valence-electron chi connectivity index (χ3n) is 5.51. The minimum atomic E-state index is 0.540. The summed E-state index contributed by atoms with van der Waals surface area (Å²) in [7, 11) is 0.